The number of thioether (sulfide) groups is 1. The molecule has 2 unspecified atom stereocenters. The second-order valence-electron chi connectivity index (χ2n) is 8.07. The summed E-state index contributed by atoms with van der Waals surface area (Å²) in [4.78, 5) is 32.4. The third-order valence-corrected chi connectivity index (χ3v) is 7.28. The summed E-state index contributed by atoms with van der Waals surface area (Å²) in [6, 6.07) is 11.2. The molecule has 9 heteroatoms. The van der Waals surface area contributed by atoms with E-state index in [0.717, 1.165) is 62.4 Å². The van der Waals surface area contributed by atoms with Crippen molar-refractivity contribution in [1.29, 1.82) is 0 Å². The lowest BCUT2D eigenvalue weighted by molar-refractivity contribution is -0.134. The molecular weight excluding hydrogens is 426 g/mol. The van der Waals surface area contributed by atoms with E-state index in [2.05, 4.69) is 15.2 Å². The maximum atomic E-state index is 13.0. The monoisotopic (exact) mass is 455 g/mol. The average molecular weight is 456 g/mol. The van der Waals surface area contributed by atoms with Crippen LogP contribution >= 0.6 is 11.8 Å². The molecule has 0 aliphatic carbocycles. The number of carbonyl (C=O) groups is 2. The van der Waals surface area contributed by atoms with Crippen LogP contribution in [0.25, 0.3) is 0 Å². The van der Waals surface area contributed by atoms with Crippen LogP contribution in [0.5, 0.6) is 0 Å². The van der Waals surface area contributed by atoms with Gasteiger partial charge in [0.1, 0.15) is 0 Å². The summed E-state index contributed by atoms with van der Waals surface area (Å²) >= 11 is 1.76. The van der Waals surface area contributed by atoms with Crippen molar-refractivity contribution in [1.82, 2.24) is 20.1 Å². The number of carbonyl (C=O) groups excluding carboxylic acids is 2. The van der Waals surface area contributed by atoms with Gasteiger partial charge in [-0.15, -0.1) is 11.8 Å². The molecule has 1 aromatic carbocycles. The first-order chi connectivity index (χ1) is 15.7. The molecule has 3 heterocycles. The highest BCUT2D eigenvalue weighted by atomic mass is 32.2. The highest BCUT2D eigenvalue weighted by molar-refractivity contribution is 7.99. The van der Waals surface area contributed by atoms with E-state index < -0.39 is 0 Å². The number of nitrogens with one attached hydrogen (secondary N) is 1. The van der Waals surface area contributed by atoms with Crippen LogP contribution in [0.1, 0.15) is 22.9 Å². The first kappa shape index (κ1) is 22.7. The Morgan fingerprint density at radius 3 is 2.78 bits per heavy atom. The molecule has 2 aliphatic heterocycles. The van der Waals surface area contributed by atoms with E-state index in [0.29, 0.717) is 17.2 Å². The number of aryl methyl sites for hydroxylation is 1. The molecule has 2 aromatic rings. The fourth-order valence-electron chi connectivity index (χ4n) is 4.25. The summed E-state index contributed by atoms with van der Waals surface area (Å²) in [5, 5.41) is 13.9. The van der Waals surface area contributed by atoms with Gasteiger partial charge in [-0.25, -0.2) is 0 Å². The van der Waals surface area contributed by atoms with Crippen LogP contribution in [-0.2, 0) is 16.0 Å². The molecule has 1 aromatic heterocycles. The lowest BCUT2D eigenvalue weighted by Gasteiger charge is -2.36. The number of piperazine rings is 1. The maximum absolute atomic E-state index is 13.0. The molecule has 2 amide bonds. The van der Waals surface area contributed by atoms with E-state index >= 15 is 0 Å². The average Bonchev–Trinajstić information content (AvgIpc) is 3.35. The summed E-state index contributed by atoms with van der Waals surface area (Å²) in [6.45, 7) is 4.12. The molecule has 0 saturated carbocycles. The molecular formula is C23H29N5O3S. The number of anilines is 1. The highest BCUT2D eigenvalue weighted by Gasteiger charge is 2.34. The van der Waals surface area contributed by atoms with Crippen LogP contribution in [0.3, 0.4) is 0 Å². The SMILES string of the molecule is O=CN(O)c1ccccc1CCCN1CCN(C(=O)C2CSC(c3cccnc3)N2)CC1. The molecule has 0 spiro atoms. The van der Waals surface area contributed by atoms with Crippen molar-refractivity contribution < 1.29 is 14.8 Å². The number of benzene rings is 1. The highest BCUT2D eigenvalue weighted by Crippen LogP contribution is 2.32. The number of pyridine rings is 1. The van der Waals surface area contributed by atoms with Crippen LogP contribution in [-0.4, -0.2) is 76.8 Å². The van der Waals surface area contributed by atoms with Crippen LogP contribution in [0.2, 0.25) is 0 Å². The van der Waals surface area contributed by atoms with Gasteiger partial charge in [-0.05, 0) is 42.6 Å². The quantitative estimate of drug-likeness (QED) is 0.357. The molecule has 32 heavy (non-hydrogen) atoms. The smallest absolute Gasteiger partial charge is 0.240 e. The number of aromatic nitrogens is 1. The third kappa shape index (κ3) is 5.47. The van der Waals surface area contributed by atoms with Gasteiger partial charge in [-0.2, -0.15) is 5.06 Å². The van der Waals surface area contributed by atoms with Gasteiger partial charge in [0.25, 0.3) is 0 Å². The molecule has 2 fully saturated rings. The van der Waals surface area contributed by atoms with E-state index in [4.69, 9.17) is 0 Å². The Bertz CT molecular complexity index is 908. The minimum absolute atomic E-state index is 0.121. The first-order valence-electron chi connectivity index (χ1n) is 11.0. The zero-order valence-electron chi connectivity index (χ0n) is 18.0. The van der Waals surface area contributed by atoms with E-state index in [-0.39, 0.29) is 17.3 Å². The topological polar surface area (TPSA) is 89.0 Å². The molecule has 4 rings (SSSR count). The van der Waals surface area contributed by atoms with Crippen molar-refractivity contribution in [3.05, 3.63) is 59.9 Å². The third-order valence-electron chi connectivity index (χ3n) is 6.01. The zero-order valence-corrected chi connectivity index (χ0v) is 18.8. The van der Waals surface area contributed by atoms with Crippen LogP contribution in [0, 0.1) is 0 Å². The van der Waals surface area contributed by atoms with Gasteiger partial charge in [0, 0.05) is 44.3 Å². The first-order valence-corrected chi connectivity index (χ1v) is 12.0. The van der Waals surface area contributed by atoms with Gasteiger partial charge >= 0.3 is 0 Å². The molecule has 0 radical (unpaired) electrons. The Balaban J connectivity index is 1.20. The Kier molecular flexibility index (Phi) is 7.75. The Labute approximate surface area is 192 Å². The summed E-state index contributed by atoms with van der Waals surface area (Å²) in [5.41, 5.74) is 2.59. The largest absolute Gasteiger partial charge is 0.339 e. The molecule has 8 nitrogen and oxygen atoms in total. The number of nitrogens with zero attached hydrogens (tertiary/aromatic N) is 4. The summed E-state index contributed by atoms with van der Waals surface area (Å²) in [7, 11) is 0. The van der Waals surface area contributed by atoms with Crippen LogP contribution in [0.4, 0.5) is 5.69 Å². The molecule has 2 atom stereocenters. The Morgan fingerprint density at radius 2 is 2.03 bits per heavy atom. The number of rotatable bonds is 8. The standard InChI is InChI=1S/C23H29N5O3S/c29-17-28(31)21-8-2-1-5-18(21)7-4-10-26-11-13-27(14-12-26)23(30)20-16-32-22(25-20)19-6-3-9-24-15-19/h1-3,5-6,8-9,15,17,20,22,25,31H,4,7,10-14,16H2. The Morgan fingerprint density at radius 1 is 1.22 bits per heavy atom. The normalized spacial score (nSPS) is 21.5. The minimum atomic E-state index is -0.146. The predicted octanol–water partition coefficient (Wildman–Crippen LogP) is 1.91. The fraction of sp³-hybridized carbons (Fsp3) is 0.435. The lowest BCUT2D eigenvalue weighted by atomic mass is 10.1. The second-order valence-corrected chi connectivity index (χ2v) is 9.21. The van der Waals surface area contributed by atoms with Crippen LogP contribution < -0.4 is 10.4 Å². The fourth-order valence-corrected chi connectivity index (χ4v) is 5.46. The summed E-state index contributed by atoms with van der Waals surface area (Å²) < 4.78 is 0. The van der Waals surface area contributed by atoms with Crippen molar-refractivity contribution in [2.45, 2.75) is 24.3 Å². The predicted molar refractivity (Wildman–Crippen MR) is 124 cm³/mol. The summed E-state index contributed by atoms with van der Waals surface area (Å²) in [6.07, 6.45) is 5.72. The van der Waals surface area contributed by atoms with E-state index in [1.165, 1.54) is 0 Å². The number of hydroxylamine groups is 1. The number of para-hydroxylation sites is 1. The maximum Gasteiger partial charge on any atom is 0.240 e. The summed E-state index contributed by atoms with van der Waals surface area (Å²) in [5.74, 6) is 0.968. The van der Waals surface area contributed by atoms with Gasteiger partial charge in [0.05, 0.1) is 17.1 Å². The second kappa shape index (κ2) is 10.9. The molecule has 0 bridgehead atoms. The number of hydrogen-bond acceptors (Lipinski definition) is 7. The molecule has 2 aliphatic rings. The van der Waals surface area contributed by atoms with E-state index in [9.17, 15) is 14.8 Å². The molecule has 2 N–H and O–H groups in total. The van der Waals surface area contributed by atoms with Gasteiger partial charge in [0.15, 0.2) is 0 Å². The van der Waals surface area contributed by atoms with Crippen molar-refractivity contribution in [3.63, 3.8) is 0 Å². The Hall–Kier alpha value is -2.46. The van der Waals surface area contributed by atoms with Gasteiger partial charge in [-0.1, -0.05) is 24.3 Å². The molecule has 170 valence electrons. The van der Waals surface area contributed by atoms with Gasteiger partial charge in [0.2, 0.25) is 12.3 Å². The number of hydrogen-bond donors (Lipinski definition) is 2. The van der Waals surface area contributed by atoms with Gasteiger partial charge < -0.3 is 4.90 Å². The lowest BCUT2D eigenvalue weighted by Crippen LogP contribution is -2.53. The van der Waals surface area contributed by atoms with Crippen LogP contribution in [0.15, 0.2) is 48.8 Å². The van der Waals surface area contributed by atoms with E-state index in [1.807, 2.05) is 35.4 Å². The van der Waals surface area contributed by atoms with E-state index in [1.54, 1.807) is 30.1 Å². The number of amides is 2. The van der Waals surface area contributed by atoms with Crippen molar-refractivity contribution in [2.24, 2.45) is 0 Å². The minimum Gasteiger partial charge on any atom is -0.339 e. The van der Waals surface area contributed by atoms with Crippen molar-refractivity contribution in [3.8, 4) is 0 Å². The van der Waals surface area contributed by atoms with Crippen molar-refractivity contribution >= 4 is 29.8 Å². The van der Waals surface area contributed by atoms with Gasteiger partial charge in [-0.3, -0.25) is 30.0 Å². The van der Waals surface area contributed by atoms with Crippen molar-refractivity contribution in [2.75, 3.05) is 43.5 Å². The zero-order chi connectivity index (χ0) is 22.3. The molecule has 2 saturated heterocycles.